The number of rotatable bonds is 6. The summed E-state index contributed by atoms with van der Waals surface area (Å²) < 4.78 is 0. The van der Waals surface area contributed by atoms with Gasteiger partial charge in [-0.15, -0.1) is 0 Å². The van der Waals surface area contributed by atoms with E-state index in [1.54, 1.807) is 48.5 Å². The molecule has 2 unspecified atom stereocenters. The second-order valence-electron chi connectivity index (χ2n) is 5.00. The Hall–Kier alpha value is -1.33. The van der Waals surface area contributed by atoms with Gasteiger partial charge in [-0.3, -0.25) is 4.79 Å². The standard InChI is InChI=1S/C17H16Br2O3/c18-9-15(11-1-5-13(20)6-2-11)17(22)16(10-19)12-3-7-14(21)8-4-12/h1-8,15-16,20-21H,9-10H2. The van der Waals surface area contributed by atoms with Crippen molar-refractivity contribution in [1.29, 1.82) is 0 Å². The van der Waals surface area contributed by atoms with Crippen molar-refractivity contribution in [3.05, 3.63) is 59.7 Å². The SMILES string of the molecule is O=C(C(CBr)c1ccc(O)cc1)C(CBr)c1ccc(O)cc1. The second kappa shape index (κ2) is 7.79. The number of hydrogen-bond acceptors (Lipinski definition) is 3. The van der Waals surface area contributed by atoms with Crippen molar-refractivity contribution in [3.63, 3.8) is 0 Å². The summed E-state index contributed by atoms with van der Waals surface area (Å²) >= 11 is 6.83. The van der Waals surface area contributed by atoms with Crippen LogP contribution in [0.25, 0.3) is 0 Å². The zero-order valence-electron chi connectivity index (χ0n) is 11.7. The second-order valence-corrected chi connectivity index (χ2v) is 6.29. The van der Waals surface area contributed by atoms with Gasteiger partial charge in [-0.25, -0.2) is 0 Å². The quantitative estimate of drug-likeness (QED) is 0.674. The molecule has 0 spiro atoms. The summed E-state index contributed by atoms with van der Waals surface area (Å²) in [6.45, 7) is 0. The van der Waals surface area contributed by atoms with E-state index in [0.717, 1.165) is 11.1 Å². The number of carbonyl (C=O) groups excluding carboxylic acids is 1. The van der Waals surface area contributed by atoms with E-state index in [-0.39, 0.29) is 29.1 Å². The molecule has 2 N–H and O–H groups in total. The van der Waals surface area contributed by atoms with E-state index in [9.17, 15) is 15.0 Å². The summed E-state index contributed by atoms with van der Waals surface area (Å²) in [6.07, 6.45) is 0. The van der Waals surface area contributed by atoms with Crippen LogP contribution in [-0.4, -0.2) is 26.7 Å². The van der Waals surface area contributed by atoms with E-state index in [1.165, 1.54) is 0 Å². The van der Waals surface area contributed by atoms with Crippen molar-refractivity contribution in [2.24, 2.45) is 0 Å². The van der Waals surface area contributed by atoms with Crippen LogP contribution in [0.2, 0.25) is 0 Å². The van der Waals surface area contributed by atoms with Gasteiger partial charge in [0.1, 0.15) is 17.3 Å². The molecule has 2 rings (SSSR count). The van der Waals surface area contributed by atoms with Crippen LogP contribution in [0.15, 0.2) is 48.5 Å². The van der Waals surface area contributed by atoms with E-state index in [0.29, 0.717) is 10.7 Å². The number of aromatic hydroxyl groups is 2. The topological polar surface area (TPSA) is 57.5 Å². The van der Waals surface area contributed by atoms with Crippen molar-refractivity contribution in [1.82, 2.24) is 0 Å². The van der Waals surface area contributed by atoms with Crippen molar-refractivity contribution in [2.45, 2.75) is 11.8 Å². The lowest BCUT2D eigenvalue weighted by molar-refractivity contribution is -0.121. The number of carbonyl (C=O) groups is 1. The minimum absolute atomic E-state index is 0.0881. The van der Waals surface area contributed by atoms with Gasteiger partial charge in [0.2, 0.25) is 0 Å². The van der Waals surface area contributed by atoms with Crippen molar-refractivity contribution in [3.8, 4) is 11.5 Å². The van der Waals surface area contributed by atoms with Gasteiger partial charge in [0.05, 0.1) is 11.8 Å². The van der Waals surface area contributed by atoms with Gasteiger partial charge in [-0.1, -0.05) is 56.1 Å². The molecule has 2 aromatic rings. The van der Waals surface area contributed by atoms with Crippen LogP contribution >= 0.6 is 31.9 Å². The maximum absolute atomic E-state index is 12.9. The van der Waals surface area contributed by atoms with Crippen LogP contribution in [0.1, 0.15) is 23.0 Å². The molecule has 2 atom stereocenters. The first-order chi connectivity index (χ1) is 10.6. The van der Waals surface area contributed by atoms with Gasteiger partial charge in [0.25, 0.3) is 0 Å². The number of alkyl halides is 2. The molecule has 0 aliphatic heterocycles. The summed E-state index contributed by atoms with van der Waals surface area (Å²) in [5, 5.41) is 19.8. The lowest BCUT2D eigenvalue weighted by Crippen LogP contribution is -2.23. The van der Waals surface area contributed by atoms with Crippen molar-refractivity contribution in [2.75, 3.05) is 10.7 Å². The van der Waals surface area contributed by atoms with E-state index < -0.39 is 0 Å². The zero-order valence-corrected chi connectivity index (χ0v) is 14.9. The smallest absolute Gasteiger partial charge is 0.149 e. The number of Topliss-reactive ketones (excluding diaryl/α,β-unsaturated/α-hetero) is 1. The Bertz CT molecular complexity index is 568. The normalized spacial score (nSPS) is 13.5. The highest BCUT2D eigenvalue weighted by atomic mass is 79.9. The average Bonchev–Trinajstić information content (AvgIpc) is 2.52. The molecule has 0 aliphatic rings. The highest BCUT2D eigenvalue weighted by molar-refractivity contribution is 9.09. The predicted octanol–water partition coefficient (Wildman–Crippen LogP) is 4.32. The van der Waals surface area contributed by atoms with Crippen LogP contribution in [0.3, 0.4) is 0 Å². The predicted molar refractivity (Wildman–Crippen MR) is 94.3 cm³/mol. The molecule has 0 fully saturated rings. The van der Waals surface area contributed by atoms with E-state index in [1.807, 2.05) is 0 Å². The number of phenolic OH excluding ortho intramolecular Hbond substituents is 2. The van der Waals surface area contributed by atoms with Crippen molar-refractivity contribution >= 4 is 37.6 Å². The molecule has 0 saturated heterocycles. The number of benzene rings is 2. The zero-order chi connectivity index (χ0) is 16.1. The lowest BCUT2D eigenvalue weighted by Gasteiger charge is -2.20. The Morgan fingerprint density at radius 2 is 1.09 bits per heavy atom. The monoisotopic (exact) mass is 426 g/mol. The third-order valence-corrected chi connectivity index (χ3v) is 4.88. The Labute approximate surface area is 146 Å². The molecule has 0 saturated carbocycles. The maximum Gasteiger partial charge on any atom is 0.149 e. The fourth-order valence-electron chi connectivity index (χ4n) is 2.31. The van der Waals surface area contributed by atoms with Crippen LogP contribution in [0, 0.1) is 0 Å². The van der Waals surface area contributed by atoms with Crippen LogP contribution < -0.4 is 0 Å². The first-order valence-corrected chi connectivity index (χ1v) is 9.04. The molecule has 3 nitrogen and oxygen atoms in total. The number of hydrogen-bond donors (Lipinski definition) is 2. The largest absolute Gasteiger partial charge is 0.508 e. The molecule has 0 radical (unpaired) electrons. The number of phenols is 2. The average molecular weight is 428 g/mol. The van der Waals surface area contributed by atoms with E-state index in [4.69, 9.17) is 0 Å². The summed E-state index contributed by atoms with van der Waals surface area (Å²) in [5.41, 5.74) is 1.73. The number of ketones is 1. The van der Waals surface area contributed by atoms with Gasteiger partial charge in [-0.05, 0) is 35.4 Å². The Morgan fingerprint density at radius 1 is 0.773 bits per heavy atom. The highest BCUT2D eigenvalue weighted by Gasteiger charge is 2.28. The van der Waals surface area contributed by atoms with Gasteiger partial charge >= 0.3 is 0 Å². The Morgan fingerprint density at radius 3 is 1.36 bits per heavy atom. The molecule has 0 amide bonds. The summed E-state index contributed by atoms with van der Waals surface area (Å²) in [5.74, 6) is -0.140. The molecule has 0 heterocycles. The number of halogens is 2. The first kappa shape index (κ1) is 17.0. The summed E-state index contributed by atoms with van der Waals surface area (Å²) in [4.78, 5) is 12.9. The first-order valence-electron chi connectivity index (χ1n) is 6.80. The fraction of sp³-hybridized carbons (Fsp3) is 0.235. The molecule has 5 heteroatoms. The Kier molecular flexibility index (Phi) is 6.03. The van der Waals surface area contributed by atoms with Gasteiger partial charge in [-0.2, -0.15) is 0 Å². The van der Waals surface area contributed by atoms with Gasteiger partial charge in [0.15, 0.2) is 0 Å². The van der Waals surface area contributed by atoms with Crippen LogP contribution in [-0.2, 0) is 4.79 Å². The van der Waals surface area contributed by atoms with Crippen molar-refractivity contribution < 1.29 is 15.0 Å². The maximum atomic E-state index is 12.9. The molecule has 2 aromatic carbocycles. The summed E-state index contributed by atoms with van der Waals surface area (Å²) in [7, 11) is 0. The molecule has 0 bridgehead atoms. The van der Waals surface area contributed by atoms with Gasteiger partial charge < -0.3 is 10.2 Å². The summed E-state index contributed by atoms with van der Waals surface area (Å²) in [6, 6.07) is 13.4. The Balaban J connectivity index is 2.29. The molecule has 0 aromatic heterocycles. The van der Waals surface area contributed by atoms with Gasteiger partial charge in [0, 0.05) is 10.7 Å². The molecule has 116 valence electrons. The molecule has 22 heavy (non-hydrogen) atoms. The lowest BCUT2D eigenvalue weighted by atomic mass is 9.86. The third-order valence-electron chi connectivity index (χ3n) is 3.59. The minimum Gasteiger partial charge on any atom is -0.508 e. The van der Waals surface area contributed by atoms with Crippen LogP contribution in [0.5, 0.6) is 11.5 Å². The minimum atomic E-state index is -0.294. The van der Waals surface area contributed by atoms with E-state index in [2.05, 4.69) is 31.9 Å². The highest BCUT2D eigenvalue weighted by Crippen LogP contribution is 2.30. The van der Waals surface area contributed by atoms with E-state index >= 15 is 0 Å². The molecular formula is C17H16Br2O3. The molecule has 0 aliphatic carbocycles. The third kappa shape index (κ3) is 3.90. The molecular weight excluding hydrogens is 412 g/mol. The fourth-order valence-corrected chi connectivity index (χ4v) is 3.70. The van der Waals surface area contributed by atoms with Crippen LogP contribution in [0.4, 0.5) is 0 Å².